The van der Waals surface area contributed by atoms with Crippen LogP contribution in [0.1, 0.15) is 43.5 Å². The molecular weight excluding hydrogens is 378 g/mol. The number of carbonyl (C=O) groups is 4. The van der Waals surface area contributed by atoms with Gasteiger partial charge in [-0.15, -0.1) is 0 Å². The van der Waals surface area contributed by atoms with Gasteiger partial charge in [0.05, 0.1) is 12.2 Å². The average Bonchev–Trinajstić information content (AvgIpc) is 2.67. The highest BCUT2D eigenvalue weighted by Gasteiger charge is 2.27. The Morgan fingerprint density at radius 3 is 2.59 bits per heavy atom. The first-order chi connectivity index (χ1) is 13.8. The maximum Gasteiger partial charge on any atom is 0.326 e. The summed E-state index contributed by atoms with van der Waals surface area (Å²) >= 11 is 0. The van der Waals surface area contributed by atoms with Gasteiger partial charge in [-0.1, -0.05) is 26.0 Å². The maximum atomic E-state index is 12.6. The summed E-state index contributed by atoms with van der Waals surface area (Å²) in [5.41, 5.74) is 0.208. The molecule has 2 atom stereocenters. The number of aliphatic carboxylic acids is 1. The first-order valence-electron chi connectivity index (χ1n) is 9.62. The molecule has 1 heterocycles. The highest BCUT2D eigenvalue weighted by molar-refractivity contribution is 5.99. The molecule has 9 nitrogen and oxygen atoms in total. The van der Waals surface area contributed by atoms with Crippen molar-refractivity contribution in [3.8, 4) is 5.75 Å². The quantitative estimate of drug-likeness (QED) is 0.572. The normalized spacial score (nSPS) is 22.0. The average molecular weight is 405 g/mol. The molecule has 1 aromatic carbocycles. The van der Waals surface area contributed by atoms with Crippen molar-refractivity contribution >= 4 is 23.7 Å². The highest BCUT2D eigenvalue weighted by Crippen LogP contribution is 2.18. The van der Waals surface area contributed by atoms with Gasteiger partial charge in [-0.05, 0) is 30.9 Å². The number of amides is 3. The summed E-state index contributed by atoms with van der Waals surface area (Å²) < 4.78 is 5.65. The van der Waals surface area contributed by atoms with Crippen molar-refractivity contribution in [3.05, 3.63) is 29.8 Å². The summed E-state index contributed by atoms with van der Waals surface area (Å²) in [6.45, 7) is 4.23. The van der Waals surface area contributed by atoms with Gasteiger partial charge in [0.25, 0.3) is 5.91 Å². The van der Waals surface area contributed by atoms with E-state index in [0.29, 0.717) is 18.7 Å². The Balaban J connectivity index is 2.23. The summed E-state index contributed by atoms with van der Waals surface area (Å²) in [7, 11) is 0. The number of nitrogens with one attached hydrogen (secondary N) is 3. The number of para-hydroxylation sites is 1. The van der Waals surface area contributed by atoms with Crippen molar-refractivity contribution in [3.63, 3.8) is 0 Å². The van der Waals surface area contributed by atoms with Gasteiger partial charge >= 0.3 is 5.97 Å². The van der Waals surface area contributed by atoms with Gasteiger partial charge in [0.1, 0.15) is 17.8 Å². The molecular formula is C20H27N3O6. The molecule has 0 saturated heterocycles. The molecule has 1 aromatic rings. The Kier molecular flexibility index (Phi) is 7.99. The third kappa shape index (κ3) is 6.48. The Labute approximate surface area is 169 Å². The van der Waals surface area contributed by atoms with Crippen LogP contribution in [0, 0.1) is 5.92 Å². The molecule has 0 saturated carbocycles. The van der Waals surface area contributed by atoms with Gasteiger partial charge in [0.2, 0.25) is 11.8 Å². The van der Waals surface area contributed by atoms with E-state index < -0.39 is 29.9 Å². The topological polar surface area (TPSA) is 134 Å². The monoisotopic (exact) mass is 405 g/mol. The molecule has 0 fully saturated rings. The van der Waals surface area contributed by atoms with E-state index in [9.17, 15) is 24.3 Å². The molecule has 0 spiro atoms. The van der Waals surface area contributed by atoms with Crippen LogP contribution >= 0.6 is 0 Å². The Morgan fingerprint density at radius 2 is 1.90 bits per heavy atom. The van der Waals surface area contributed by atoms with Gasteiger partial charge in [0, 0.05) is 13.0 Å². The van der Waals surface area contributed by atoms with Gasteiger partial charge in [-0.2, -0.15) is 0 Å². The lowest BCUT2D eigenvalue weighted by Gasteiger charge is -2.23. The number of ether oxygens (including phenoxy) is 1. The van der Waals surface area contributed by atoms with E-state index in [2.05, 4.69) is 16.0 Å². The fraction of sp³-hybridized carbons (Fsp3) is 0.500. The van der Waals surface area contributed by atoms with Crippen LogP contribution in [0.15, 0.2) is 24.3 Å². The number of hydrogen-bond acceptors (Lipinski definition) is 5. The first kappa shape index (κ1) is 22.2. The molecule has 9 heteroatoms. The SMILES string of the molecule is CC(C)C1NC(=O)CC[C@@H](C(=O)O)NC(=O)c2ccccc2OCCCNC1=O. The number of carboxylic acids is 1. The molecule has 1 aliphatic heterocycles. The second-order valence-corrected chi connectivity index (χ2v) is 7.18. The molecule has 0 aliphatic carbocycles. The van der Waals surface area contributed by atoms with Crippen LogP contribution in [-0.4, -0.2) is 54.0 Å². The lowest BCUT2D eigenvalue weighted by molar-refractivity contribution is -0.139. The summed E-state index contributed by atoms with van der Waals surface area (Å²) in [6.07, 6.45) is 0.243. The van der Waals surface area contributed by atoms with Crippen LogP contribution in [0.2, 0.25) is 0 Å². The Morgan fingerprint density at radius 1 is 1.17 bits per heavy atom. The summed E-state index contributed by atoms with van der Waals surface area (Å²) in [6, 6.07) is 4.53. The minimum atomic E-state index is -1.25. The van der Waals surface area contributed by atoms with Gasteiger partial charge in [0.15, 0.2) is 0 Å². The molecule has 158 valence electrons. The highest BCUT2D eigenvalue weighted by atomic mass is 16.5. The van der Waals surface area contributed by atoms with Gasteiger partial charge in [-0.25, -0.2) is 4.79 Å². The third-order valence-corrected chi connectivity index (χ3v) is 4.54. The van der Waals surface area contributed by atoms with Crippen LogP contribution in [0.5, 0.6) is 5.75 Å². The number of benzene rings is 1. The zero-order valence-electron chi connectivity index (χ0n) is 16.6. The third-order valence-electron chi connectivity index (χ3n) is 4.54. The predicted octanol–water partition coefficient (Wildman–Crippen LogP) is 0.689. The number of hydrogen-bond donors (Lipinski definition) is 4. The summed E-state index contributed by atoms with van der Waals surface area (Å²) in [5.74, 6) is -2.40. The van der Waals surface area contributed by atoms with Crippen LogP contribution in [0.4, 0.5) is 0 Å². The molecule has 29 heavy (non-hydrogen) atoms. The van der Waals surface area contributed by atoms with Crippen LogP contribution in [0.25, 0.3) is 0 Å². The Bertz CT molecular complexity index is 764. The number of fused-ring (bicyclic) bond motifs is 1. The molecule has 2 rings (SSSR count). The van der Waals surface area contributed by atoms with E-state index in [4.69, 9.17) is 4.74 Å². The first-order valence-corrected chi connectivity index (χ1v) is 9.62. The van der Waals surface area contributed by atoms with Crippen LogP contribution in [0.3, 0.4) is 0 Å². The molecule has 0 aromatic heterocycles. The fourth-order valence-electron chi connectivity index (χ4n) is 2.91. The largest absolute Gasteiger partial charge is 0.493 e. The maximum absolute atomic E-state index is 12.6. The van der Waals surface area contributed by atoms with Crippen molar-refractivity contribution in [2.24, 2.45) is 5.92 Å². The standard InChI is InChI=1S/C20H27N3O6/c1-12(2)17-19(26)21-10-5-11-29-15-7-4-3-6-13(15)18(25)22-14(20(27)28)8-9-16(24)23-17/h3-4,6-7,12,14,17H,5,8-11H2,1-2H3,(H,21,26)(H,22,25)(H,23,24)(H,27,28)/t14-,17?/m0/s1. The zero-order valence-corrected chi connectivity index (χ0v) is 16.6. The number of carboxylic acid groups (broad SMARTS) is 1. The van der Waals surface area contributed by atoms with Crippen molar-refractivity contribution in [2.45, 2.75) is 45.2 Å². The second-order valence-electron chi connectivity index (χ2n) is 7.18. The van der Waals surface area contributed by atoms with Crippen molar-refractivity contribution in [1.82, 2.24) is 16.0 Å². The molecule has 1 aliphatic rings. The number of rotatable bonds is 2. The molecule has 0 radical (unpaired) electrons. The lowest BCUT2D eigenvalue weighted by atomic mass is 10.0. The fourth-order valence-corrected chi connectivity index (χ4v) is 2.91. The molecule has 0 bridgehead atoms. The Hall–Kier alpha value is -3.10. The second kappa shape index (κ2) is 10.4. The molecule has 4 N–H and O–H groups in total. The smallest absolute Gasteiger partial charge is 0.326 e. The summed E-state index contributed by atoms with van der Waals surface area (Å²) in [5, 5.41) is 17.3. The summed E-state index contributed by atoms with van der Waals surface area (Å²) in [4.78, 5) is 48.8. The van der Waals surface area contributed by atoms with E-state index in [0.717, 1.165) is 0 Å². The molecule has 3 amide bonds. The van der Waals surface area contributed by atoms with Gasteiger partial charge in [-0.3, -0.25) is 14.4 Å². The van der Waals surface area contributed by atoms with E-state index in [1.54, 1.807) is 18.2 Å². The van der Waals surface area contributed by atoms with E-state index >= 15 is 0 Å². The zero-order chi connectivity index (χ0) is 21.4. The van der Waals surface area contributed by atoms with Crippen LogP contribution < -0.4 is 20.7 Å². The van der Waals surface area contributed by atoms with E-state index in [1.807, 2.05) is 13.8 Å². The van der Waals surface area contributed by atoms with Crippen LogP contribution in [-0.2, 0) is 14.4 Å². The van der Waals surface area contributed by atoms with E-state index in [-0.39, 0.29) is 36.8 Å². The van der Waals surface area contributed by atoms with Crippen molar-refractivity contribution in [2.75, 3.05) is 13.2 Å². The molecule has 1 unspecified atom stereocenters. The predicted molar refractivity (Wildman–Crippen MR) is 104 cm³/mol. The van der Waals surface area contributed by atoms with Crippen molar-refractivity contribution < 1.29 is 29.0 Å². The minimum absolute atomic E-state index is 0.109. The van der Waals surface area contributed by atoms with Crippen molar-refractivity contribution in [1.29, 1.82) is 0 Å². The number of carbonyl (C=O) groups excluding carboxylic acids is 3. The van der Waals surface area contributed by atoms with Gasteiger partial charge < -0.3 is 25.8 Å². The van der Waals surface area contributed by atoms with E-state index in [1.165, 1.54) is 6.07 Å². The minimum Gasteiger partial charge on any atom is -0.493 e. The lowest BCUT2D eigenvalue weighted by Crippen LogP contribution is -2.50.